The summed E-state index contributed by atoms with van der Waals surface area (Å²) >= 11 is 0. The second-order valence-electron chi connectivity index (χ2n) is 7.53. The summed E-state index contributed by atoms with van der Waals surface area (Å²) in [6, 6.07) is 0. The molecule has 0 heterocycles. The Morgan fingerprint density at radius 1 is 1.00 bits per heavy atom. The lowest BCUT2D eigenvalue weighted by Gasteiger charge is -2.31. The average molecular weight is 402 g/mol. The van der Waals surface area contributed by atoms with Crippen LogP contribution in [0.25, 0.3) is 0 Å². The molecule has 9 heteroatoms. The van der Waals surface area contributed by atoms with Crippen molar-refractivity contribution in [2.24, 2.45) is 0 Å². The fourth-order valence-corrected chi connectivity index (χ4v) is 5.15. The van der Waals surface area contributed by atoms with Gasteiger partial charge in [-0.05, 0) is 34.6 Å². The average Bonchev–Trinajstić information content (AvgIpc) is 2.41. The van der Waals surface area contributed by atoms with Gasteiger partial charge in [-0.3, -0.25) is 4.57 Å². The lowest BCUT2D eigenvalue weighted by atomic mass is 10.3. The highest BCUT2D eigenvalue weighted by Gasteiger charge is 2.28. The molecule has 152 valence electrons. The minimum Gasteiger partial charge on any atom is -0.328 e. The highest BCUT2D eigenvalue weighted by Crippen LogP contribution is 2.50. The van der Waals surface area contributed by atoms with E-state index in [0.29, 0.717) is 12.7 Å². The van der Waals surface area contributed by atoms with Gasteiger partial charge < -0.3 is 13.5 Å². The summed E-state index contributed by atoms with van der Waals surface area (Å²) in [5.41, 5.74) is 0. The third-order valence-electron chi connectivity index (χ3n) is 3.58. The molecule has 0 unspecified atom stereocenters. The second-order valence-corrected chi connectivity index (χ2v) is 11.7. The zero-order valence-electron chi connectivity index (χ0n) is 16.9. The standard InChI is InChI=1S/C16H38N2O5PS/c1-8-25(20,21)17-11-9-12-18(6,7)13-10-14-24(19,22-15(2)3)23-16(4)5/h15-17H,8-14H2,1-7H3/q+1. The van der Waals surface area contributed by atoms with Gasteiger partial charge in [-0.15, -0.1) is 0 Å². The summed E-state index contributed by atoms with van der Waals surface area (Å²) in [7, 11) is -2.02. The molecule has 0 amide bonds. The minimum absolute atomic E-state index is 0.103. The van der Waals surface area contributed by atoms with Crippen molar-refractivity contribution < 1.29 is 26.5 Å². The number of quaternary nitrogens is 1. The first-order chi connectivity index (χ1) is 11.3. The predicted octanol–water partition coefficient (Wildman–Crippen LogP) is 2.83. The topological polar surface area (TPSA) is 81.7 Å². The van der Waals surface area contributed by atoms with Crippen LogP contribution >= 0.6 is 7.60 Å². The number of hydrogen-bond acceptors (Lipinski definition) is 5. The van der Waals surface area contributed by atoms with Gasteiger partial charge in [-0.1, -0.05) is 0 Å². The van der Waals surface area contributed by atoms with Gasteiger partial charge in [0, 0.05) is 19.4 Å². The van der Waals surface area contributed by atoms with Gasteiger partial charge >= 0.3 is 7.60 Å². The zero-order valence-corrected chi connectivity index (χ0v) is 18.7. The van der Waals surface area contributed by atoms with E-state index in [-0.39, 0.29) is 18.0 Å². The molecule has 0 atom stereocenters. The Labute approximate surface area is 154 Å². The number of hydrogen-bond donors (Lipinski definition) is 1. The number of nitrogens with one attached hydrogen (secondary N) is 1. The number of nitrogens with zero attached hydrogens (tertiary/aromatic N) is 1. The first-order valence-electron chi connectivity index (χ1n) is 9.06. The van der Waals surface area contributed by atoms with Gasteiger partial charge in [-0.25, -0.2) is 13.1 Å². The summed E-state index contributed by atoms with van der Waals surface area (Å²) in [4.78, 5) is 0. The van der Waals surface area contributed by atoms with Crippen LogP contribution in [0.4, 0.5) is 0 Å². The molecule has 0 aliphatic rings. The second kappa shape index (κ2) is 11.0. The largest absolute Gasteiger partial charge is 0.331 e. The van der Waals surface area contributed by atoms with Crippen LogP contribution < -0.4 is 4.72 Å². The summed E-state index contributed by atoms with van der Waals surface area (Å²) < 4.78 is 50.0. The highest BCUT2D eigenvalue weighted by molar-refractivity contribution is 7.89. The molecule has 0 fully saturated rings. The van der Waals surface area contributed by atoms with Crippen molar-refractivity contribution in [3.8, 4) is 0 Å². The van der Waals surface area contributed by atoms with Crippen LogP contribution in [0.2, 0.25) is 0 Å². The smallest absolute Gasteiger partial charge is 0.328 e. The molecular formula is C16H38N2O5PS+. The molecule has 7 nitrogen and oxygen atoms in total. The Morgan fingerprint density at radius 3 is 1.92 bits per heavy atom. The van der Waals surface area contributed by atoms with Crippen LogP contribution in [0.15, 0.2) is 0 Å². The summed E-state index contributed by atoms with van der Waals surface area (Å²) in [6.07, 6.45) is 1.60. The van der Waals surface area contributed by atoms with Crippen LogP contribution in [0, 0.1) is 0 Å². The van der Waals surface area contributed by atoms with Crippen LogP contribution in [-0.4, -0.2) is 70.8 Å². The van der Waals surface area contributed by atoms with Gasteiger partial charge in [0.25, 0.3) is 0 Å². The Kier molecular flexibility index (Phi) is 11.0. The van der Waals surface area contributed by atoms with E-state index in [1.54, 1.807) is 6.92 Å². The Morgan fingerprint density at radius 2 is 1.48 bits per heavy atom. The minimum atomic E-state index is -3.12. The SMILES string of the molecule is CCS(=O)(=O)NCCC[N+](C)(C)CCCP(=O)(OC(C)C)OC(C)C. The van der Waals surface area contributed by atoms with Crippen molar-refractivity contribution in [1.82, 2.24) is 4.72 Å². The number of sulfonamides is 1. The van der Waals surface area contributed by atoms with Crippen LogP contribution in [0.1, 0.15) is 47.5 Å². The lowest BCUT2D eigenvalue weighted by Crippen LogP contribution is -2.43. The van der Waals surface area contributed by atoms with Crippen molar-refractivity contribution >= 4 is 17.6 Å². The third-order valence-corrected chi connectivity index (χ3v) is 7.33. The lowest BCUT2D eigenvalue weighted by molar-refractivity contribution is -0.890. The molecule has 0 aromatic heterocycles. The fourth-order valence-electron chi connectivity index (χ4n) is 2.41. The van der Waals surface area contributed by atoms with Crippen LogP contribution in [-0.2, 0) is 23.6 Å². The van der Waals surface area contributed by atoms with E-state index in [9.17, 15) is 13.0 Å². The van der Waals surface area contributed by atoms with Gasteiger partial charge in [0.1, 0.15) is 0 Å². The van der Waals surface area contributed by atoms with Gasteiger partial charge in [-0.2, -0.15) is 0 Å². The van der Waals surface area contributed by atoms with Crippen molar-refractivity contribution in [2.75, 3.05) is 45.6 Å². The fraction of sp³-hybridized carbons (Fsp3) is 1.00. The molecule has 0 aliphatic carbocycles. The molecular weight excluding hydrogens is 363 g/mol. The Bertz CT molecular complexity index is 507. The molecule has 1 N–H and O–H groups in total. The first-order valence-corrected chi connectivity index (χ1v) is 12.4. The molecule has 0 saturated heterocycles. The van der Waals surface area contributed by atoms with Crippen LogP contribution in [0.5, 0.6) is 0 Å². The normalized spacial score (nSPS) is 13.8. The van der Waals surface area contributed by atoms with Crippen molar-refractivity contribution in [2.45, 2.75) is 59.7 Å². The molecule has 25 heavy (non-hydrogen) atoms. The first kappa shape index (κ1) is 25.0. The molecule has 0 aromatic carbocycles. The highest BCUT2D eigenvalue weighted by atomic mass is 32.2. The van der Waals surface area contributed by atoms with E-state index in [4.69, 9.17) is 9.05 Å². The summed E-state index contributed by atoms with van der Waals surface area (Å²) in [5, 5.41) is 0. The molecule has 0 rings (SSSR count). The Balaban J connectivity index is 4.35. The van der Waals surface area contributed by atoms with E-state index in [1.807, 2.05) is 27.7 Å². The van der Waals surface area contributed by atoms with E-state index in [0.717, 1.165) is 30.4 Å². The van der Waals surface area contributed by atoms with Crippen molar-refractivity contribution in [1.29, 1.82) is 0 Å². The van der Waals surface area contributed by atoms with Gasteiger partial charge in [0.15, 0.2) is 0 Å². The van der Waals surface area contributed by atoms with E-state index < -0.39 is 17.6 Å². The molecule has 0 spiro atoms. The molecule has 0 aliphatic heterocycles. The maximum absolute atomic E-state index is 12.8. The van der Waals surface area contributed by atoms with E-state index in [1.165, 1.54) is 0 Å². The van der Waals surface area contributed by atoms with Crippen LogP contribution in [0.3, 0.4) is 0 Å². The quantitative estimate of drug-likeness (QED) is 0.275. The Hall–Kier alpha value is 0.0200. The van der Waals surface area contributed by atoms with Crippen molar-refractivity contribution in [3.05, 3.63) is 0 Å². The predicted molar refractivity (Wildman–Crippen MR) is 103 cm³/mol. The summed E-state index contributed by atoms with van der Waals surface area (Å²) in [6.45, 7) is 11.2. The summed E-state index contributed by atoms with van der Waals surface area (Å²) in [5.74, 6) is 0.103. The van der Waals surface area contributed by atoms with E-state index >= 15 is 0 Å². The molecule has 0 bridgehead atoms. The van der Waals surface area contributed by atoms with Gasteiger partial charge in [0.05, 0.1) is 51.3 Å². The zero-order chi connectivity index (χ0) is 19.7. The monoisotopic (exact) mass is 401 g/mol. The van der Waals surface area contributed by atoms with Gasteiger partial charge in [0.2, 0.25) is 10.0 Å². The molecule has 0 saturated carbocycles. The maximum Gasteiger partial charge on any atom is 0.331 e. The third kappa shape index (κ3) is 12.9. The van der Waals surface area contributed by atoms with E-state index in [2.05, 4.69) is 18.8 Å². The maximum atomic E-state index is 12.8. The number of rotatable bonds is 14. The van der Waals surface area contributed by atoms with Crippen molar-refractivity contribution in [3.63, 3.8) is 0 Å². The molecule has 0 aromatic rings. The molecule has 0 radical (unpaired) electrons.